The Hall–Kier alpha value is -0.930. The van der Waals surface area contributed by atoms with Crippen LogP contribution in [0, 0.1) is 50.7 Å². The molecule has 18 atom stereocenters. The molecule has 0 aromatic rings. The average molecular weight is 711 g/mol. The van der Waals surface area contributed by atoms with Gasteiger partial charge in [-0.3, -0.25) is 4.79 Å². The Morgan fingerprint density at radius 2 is 1.58 bits per heavy atom. The Bertz CT molecular complexity index is 1350. The maximum Gasteiger partial charge on any atom is 0.303 e. The first-order valence-corrected chi connectivity index (χ1v) is 19.0. The van der Waals surface area contributed by atoms with E-state index in [0.717, 1.165) is 38.5 Å². The smallest absolute Gasteiger partial charge is 0.303 e. The van der Waals surface area contributed by atoms with E-state index in [-0.39, 0.29) is 40.1 Å². The number of carbonyl (C=O) groups is 1. The molecule has 2 heterocycles. The third-order valence-electron chi connectivity index (χ3n) is 16.3. The van der Waals surface area contributed by atoms with Crippen LogP contribution in [0.3, 0.4) is 0 Å². The molecule has 7 N–H and O–H groups in total. The molecule has 7 aliphatic rings. The van der Waals surface area contributed by atoms with E-state index in [9.17, 15) is 40.5 Å². The van der Waals surface area contributed by atoms with Crippen LogP contribution in [-0.4, -0.2) is 115 Å². The second kappa shape index (κ2) is 11.5. The largest absolute Gasteiger partial charge is 0.457 e. The predicted molar refractivity (Wildman–Crippen MR) is 178 cm³/mol. The molecule has 0 aromatic heterocycles. The fraction of sp³-hybridized carbons (Fsp3) is 0.974. The van der Waals surface area contributed by atoms with Crippen LogP contribution in [0.4, 0.5) is 0 Å². The molecule has 7 fully saturated rings. The fourth-order valence-corrected chi connectivity index (χ4v) is 14.1. The molecule has 5 saturated carbocycles. The highest BCUT2D eigenvalue weighted by Crippen LogP contribution is 2.89. The fourth-order valence-electron chi connectivity index (χ4n) is 14.1. The monoisotopic (exact) mass is 710 g/mol. The summed E-state index contributed by atoms with van der Waals surface area (Å²) in [4.78, 5) is 12.1. The summed E-state index contributed by atoms with van der Waals surface area (Å²) in [5.74, 6) is -2.42. The highest BCUT2D eigenvalue weighted by atomic mass is 16.7. The minimum absolute atomic E-state index is 0.0175. The number of rotatable bonds is 6. The summed E-state index contributed by atoms with van der Waals surface area (Å²) in [6.45, 7) is 14.9. The van der Waals surface area contributed by atoms with Crippen molar-refractivity contribution in [2.45, 2.75) is 173 Å². The van der Waals surface area contributed by atoms with Crippen LogP contribution < -0.4 is 0 Å². The van der Waals surface area contributed by atoms with Crippen molar-refractivity contribution in [2.75, 3.05) is 6.61 Å². The Labute approximate surface area is 295 Å². The summed E-state index contributed by atoms with van der Waals surface area (Å²) < 4.78 is 24.4. The topological polar surface area (TPSA) is 196 Å². The molecule has 12 heteroatoms. The number of fused-ring (bicyclic) bond motifs is 4. The molecule has 0 radical (unpaired) electrons. The molecule has 2 saturated heterocycles. The lowest BCUT2D eigenvalue weighted by Gasteiger charge is -2.63. The third-order valence-corrected chi connectivity index (χ3v) is 16.3. The van der Waals surface area contributed by atoms with Gasteiger partial charge in [0.1, 0.15) is 36.6 Å². The molecule has 0 bridgehead atoms. The van der Waals surface area contributed by atoms with Crippen LogP contribution in [0.1, 0.15) is 107 Å². The quantitative estimate of drug-likeness (QED) is 0.157. The highest BCUT2D eigenvalue weighted by molar-refractivity contribution is 5.66. The van der Waals surface area contributed by atoms with Crippen LogP contribution >= 0.6 is 0 Å². The minimum atomic E-state index is -1.88. The third kappa shape index (κ3) is 4.68. The van der Waals surface area contributed by atoms with Crippen molar-refractivity contribution < 1.29 is 59.5 Å². The lowest BCUT2D eigenvalue weighted by Crippen LogP contribution is -2.62. The molecule has 0 unspecified atom stereocenters. The number of hydrogen-bond donors (Lipinski definition) is 7. The average Bonchev–Trinajstić information content (AvgIpc) is 3.66. The summed E-state index contributed by atoms with van der Waals surface area (Å²) in [5.41, 5.74) is -2.82. The molecule has 7 rings (SSSR count). The van der Waals surface area contributed by atoms with E-state index in [2.05, 4.69) is 34.6 Å². The van der Waals surface area contributed by atoms with E-state index in [4.69, 9.17) is 18.9 Å². The second-order valence-corrected chi connectivity index (χ2v) is 19.2. The summed E-state index contributed by atoms with van der Waals surface area (Å²) in [5, 5.41) is 77.3. The van der Waals surface area contributed by atoms with Gasteiger partial charge in [-0.25, -0.2) is 0 Å². The van der Waals surface area contributed by atoms with Gasteiger partial charge in [0.15, 0.2) is 18.2 Å². The maximum atomic E-state index is 12.6. The Balaban J connectivity index is 1.16. The van der Waals surface area contributed by atoms with Crippen molar-refractivity contribution in [3.05, 3.63) is 0 Å². The molecule has 0 aromatic carbocycles. The maximum absolute atomic E-state index is 12.6. The van der Waals surface area contributed by atoms with E-state index in [1.165, 1.54) is 6.92 Å². The minimum Gasteiger partial charge on any atom is -0.457 e. The van der Waals surface area contributed by atoms with E-state index >= 15 is 0 Å². The summed E-state index contributed by atoms with van der Waals surface area (Å²) in [6.07, 6.45) is -3.16. The van der Waals surface area contributed by atoms with Gasteiger partial charge >= 0.3 is 5.97 Å². The number of hydrogen-bond acceptors (Lipinski definition) is 12. The lowest BCUT2D eigenvalue weighted by atomic mass is 9.41. The molecular weight excluding hydrogens is 648 g/mol. The second-order valence-electron chi connectivity index (χ2n) is 19.2. The number of carbonyl (C=O) groups excluding carboxylic acids is 1. The molecule has 2 aliphatic heterocycles. The predicted octanol–water partition coefficient (Wildman–Crippen LogP) is 2.01. The Morgan fingerprint density at radius 1 is 0.940 bits per heavy atom. The van der Waals surface area contributed by atoms with Gasteiger partial charge in [-0.15, -0.1) is 0 Å². The zero-order valence-corrected chi connectivity index (χ0v) is 31.0. The Kier molecular flexibility index (Phi) is 8.63. The van der Waals surface area contributed by atoms with Gasteiger partial charge in [0, 0.05) is 18.3 Å². The number of aliphatic hydroxyl groups is 7. The standard InChI is InChI=1S/C38H62O12/c1-18-15-20(29(33(5,6)45)47-19(2)40)50-38(46)28(18)34(7)13-14-37-17-36(37)12-11-24(49-30-27(43)26(42)25(41)21(16-39)48-30)32(3,4)22(36)9-10-23(37)35(34,8)31(38)44/h18,20-31,39,41-46H,9-17H2,1-8H3/t18-,20-,21-,22+,23+,24+,25-,26+,27-,28-,29-,30+,31-,34-,35-,36-,37+,38-/m1/s1. The van der Waals surface area contributed by atoms with Gasteiger partial charge in [0.2, 0.25) is 0 Å². The molecule has 50 heavy (non-hydrogen) atoms. The van der Waals surface area contributed by atoms with Crippen molar-refractivity contribution in [1.29, 1.82) is 0 Å². The van der Waals surface area contributed by atoms with E-state index in [0.29, 0.717) is 18.8 Å². The van der Waals surface area contributed by atoms with Gasteiger partial charge < -0.3 is 54.7 Å². The zero-order chi connectivity index (χ0) is 36.8. The Morgan fingerprint density at radius 3 is 2.20 bits per heavy atom. The van der Waals surface area contributed by atoms with Crippen LogP contribution in [-0.2, 0) is 23.7 Å². The first-order chi connectivity index (χ1) is 23.1. The van der Waals surface area contributed by atoms with Gasteiger partial charge in [0.05, 0.1) is 18.3 Å². The number of aliphatic hydroxyl groups excluding tert-OH is 5. The van der Waals surface area contributed by atoms with Crippen molar-refractivity contribution in [3.63, 3.8) is 0 Å². The van der Waals surface area contributed by atoms with Crippen LogP contribution in [0.15, 0.2) is 0 Å². The van der Waals surface area contributed by atoms with Crippen LogP contribution in [0.25, 0.3) is 0 Å². The molecular formula is C38H62O12. The molecule has 12 nitrogen and oxygen atoms in total. The number of ether oxygens (including phenoxy) is 4. The molecule has 2 spiro atoms. The van der Waals surface area contributed by atoms with Crippen LogP contribution in [0.5, 0.6) is 0 Å². The van der Waals surface area contributed by atoms with Crippen molar-refractivity contribution in [3.8, 4) is 0 Å². The van der Waals surface area contributed by atoms with Crippen LogP contribution in [0.2, 0.25) is 0 Å². The normalized spacial score (nSPS) is 55.8. The number of esters is 1. The van der Waals surface area contributed by atoms with Crippen molar-refractivity contribution in [1.82, 2.24) is 0 Å². The molecule has 0 amide bonds. The summed E-state index contributed by atoms with van der Waals surface area (Å²) >= 11 is 0. The van der Waals surface area contributed by atoms with Crippen molar-refractivity contribution in [2.24, 2.45) is 50.7 Å². The van der Waals surface area contributed by atoms with Crippen molar-refractivity contribution >= 4 is 5.97 Å². The van der Waals surface area contributed by atoms with E-state index in [1.54, 1.807) is 13.8 Å². The lowest BCUT2D eigenvalue weighted by molar-refractivity contribution is -0.342. The zero-order valence-electron chi connectivity index (χ0n) is 31.0. The van der Waals surface area contributed by atoms with E-state index in [1.807, 2.05) is 0 Å². The van der Waals surface area contributed by atoms with Gasteiger partial charge in [-0.1, -0.05) is 34.6 Å². The SMILES string of the molecule is CC(=O)O[C@H]([C@H]1C[C@@H](C)[C@H]2[C@@](O)(O1)[C@H](O)[C@@]1(C)[C@@H]3CC[C@H]4C(C)(C)[C@@H](O[C@@H]5O[C@H](CO)[C@@H](O)[C@H](O)[C@H]5O)CC[C@@]45C[C@@]35CC[C@]21C)C(C)(C)O. The molecule has 286 valence electrons. The van der Waals surface area contributed by atoms with Gasteiger partial charge in [-0.05, 0) is 105 Å². The van der Waals surface area contributed by atoms with Gasteiger partial charge in [0.25, 0.3) is 0 Å². The first kappa shape index (κ1) is 37.4. The first-order valence-electron chi connectivity index (χ1n) is 19.0. The summed E-state index contributed by atoms with van der Waals surface area (Å²) in [6, 6.07) is 0. The van der Waals surface area contributed by atoms with Gasteiger partial charge in [-0.2, -0.15) is 0 Å². The highest BCUT2D eigenvalue weighted by Gasteiger charge is 2.87. The van der Waals surface area contributed by atoms with E-state index < -0.39 is 83.8 Å². The molecule has 5 aliphatic carbocycles. The summed E-state index contributed by atoms with van der Waals surface area (Å²) in [7, 11) is 0.